The van der Waals surface area contributed by atoms with Crippen molar-refractivity contribution in [3.05, 3.63) is 41.2 Å². The molecule has 1 saturated carbocycles. The molecule has 4 nitrogen and oxygen atoms in total. The minimum Gasteiger partial charge on any atom is -0.357 e. The zero-order valence-corrected chi connectivity index (χ0v) is 12.9. The van der Waals surface area contributed by atoms with E-state index in [1.54, 1.807) is 32.2 Å². The summed E-state index contributed by atoms with van der Waals surface area (Å²) in [6.45, 7) is 1.69. The zero-order chi connectivity index (χ0) is 16.2. The fourth-order valence-corrected chi connectivity index (χ4v) is 2.82. The Bertz CT molecular complexity index is 587. The second-order valence-corrected chi connectivity index (χ2v) is 5.70. The minimum absolute atomic E-state index is 0.145. The van der Waals surface area contributed by atoms with Crippen LogP contribution >= 0.6 is 0 Å². The number of rotatable bonds is 4. The van der Waals surface area contributed by atoms with Crippen LogP contribution in [-0.2, 0) is 9.59 Å². The van der Waals surface area contributed by atoms with Crippen LogP contribution in [0, 0.1) is 5.82 Å². The number of halogens is 1. The van der Waals surface area contributed by atoms with Crippen LogP contribution in [0.1, 0.15) is 38.2 Å². The minimum atomic E-state index is -0.802. The number of nitrogens with one attached hydrogen (secondary N) is 2. The van der Waals surface area contributed by atoms with Crippen LogP contribution in [0.5, 0.6) is 0 Å². The summed E-state index contributed by atoms with van der Waals surface area (Å²) in [4.78, 5) is 24.5. The SMILES string of the molecule is CNC(=O)C1(NC(=O)/C(C)=C/c2ccc(F)cc2)CCCC1. The lowest BCUT2D eigenvalue weighted by Crippen LogP contribution is -2.56. The standard InChI is InChI=1S/C17H21FN2O2/c1-12(11-13-5-7-14(18)8-6-13)15(21)20-17(16(22)19-2)9-3-4-10-17/h5-8,11H,3-4,9-10H2,1-2H3,(H,19,22)(H,20,21)/b12-11+. The lowest BCUT2D eigenvalue weighted by Gasteiger charge is -2.28. The zero-order valence-electron chi connectivity index (χ0n) is 12.9. The Morgan fingerprint density at radius 3 is 2.32 bits per heavy atom. The van der Waals surface area contributed by atoms with Crippen molar-refractivity contribution in [2.75, 3.05) is 7.05 Å². The van der Waals surface area contributed by atoms with Crippen LogP contribution < -0.4 is 10.6 Å². The van der Waals surface area contributed by atoms with Crippen molar-refractivity contribution in [3.8, 4) is 0 Å². The number of amides is 2. The third-order valence-electron chi connectivity index (χ3n) is 4.08. The molecule has 0 radical (unpaired) electrons. The smallest absolute Gasteiger partial charge is 0.247 e. The van der Waals surface area contributed by atoms with E-state index in [0.29, 0.717) is 18.4 Å². The number of likely N-dealkylation sites (N-methyl/N-ethyl adjacent to an activating group) is 1. The summed E-state index contributed by atoms with van der Waals surface area (Å²) in [5, 5.41) is 5.51. The van der Waals surface area contributed by atoms with Crippen molar-refractivity contribution in [2.45, 2.75) is 38.1 Å². The van der Waals surface area contributed by atoms with Crippen molar-refractivity contribution in [1.29, 1.82) is 0 Å². The Morgan fingerprint density at radius 2 is 1.77 bits per heavy atom. The van der Waals surface area contributed by atoms with Gasteiger partial charge in [-0.2, -0.15) is 0 Å². The molecule has 5 heteroatoms. The van der Waals surface area contributed by atoms with Gasteiger partial charge in [0.05, 0.1) is 0 Å². The first-order valence-corrected chi connectivity index (χ1v) is 7.45. The van der Waals surface area contributed by atoms with Crippen LogP contribution in [0.15, 0.2) is 29.8 Å². The molecule has 0 atom stereocenters. The van der Waals surface area contributed by atoms with Crippen molar-refractivity contribution in [2.24, 2.45) is 0 Å². The van der Waals surface area contributed by atoms with Gasteiger partial charge in [0.15, 0.2) is 0 Å². The Morgan fingerprint density at radius 1 is 1.18 bits per heavy atom. The van der Waals surface area contributed by atoms with Crippen molar-refractivity contribution in [3.63, 3.8) is 0 Å². The van der Waals surface area contributed by atoms with Gasteiger partial charge in [0, 0.05) is 12.6 Å². The Balaban J connectivity index is 2.13. The van der Waals surface area contributed by atoms with Gasteiger partial charge in [-0.3, -0.25) is 9.59 Å². The highest BCUT2D eigenvalue weighted by Gasteiger charge is 2.41. The fraction of sp³-hybridized carbons (Fsp3) is 0.412. The molecule has 0 unspecified atom stereocenters. The highest BCUT2D eigenvalue weighted by Crippen LogP contribution is 2.30. The topological polar surface area (TPSA) is 58.2 Å². The highest BCUT2D eigenvalue weighted by molar-refractivity contribution is 6.01. The lowest BCUT2D eigenvalue weighted by atomic mass is 9.95. The normalized spacial score (nSPS) is 17.1. The van der Waals surface area contributed by atoms with E-state index in [2.05, 4.69) is 10.6 Å². The van der Waals surface area contributed by atoms with E-state index in [1.165, 1.54) is 12.1 Å². The summed E-state index contributed by atoms with van der Waals surface area (Å²) in [7, 11) is 1.58. The molecule has 0 aliphatic heterocycles. The molecule has 2 N–H and O–H groups in total. The molecule has 2 rings (SSSR count). The molecule has 0 spiro atoms. The second kappa shape index (κ2) is 6.73. The molecule has 1 aromatic rings. The molecule has 1 aromatic carbocycles. The van der Waals surface area contributed by atoms with Gasteiger partial charge in [0.1, 0.15) is 11.4 Å². The molecule has 0 saturated heterocycles. The molecule has 1 aliphatic rings. The van der Waals surface area contributed by atoms with Gasteiger partial charge < -0.3 is 10.6 Å². The largest absolute Gasteiger partial charge is 0.357 e. The maximum absolute atomic E-state index is 12.9. The number of hydrogen-bond acceptors (Lipinski definition) is 2. The highest BCUT2D eigenvalue weighted by atomic mass is 19.1. The average molecular weight is 304 g/mol. The molecular formula is C17H21FN2O2. The monoisotopic (exact) mass is 304 g/mol. The third-order valence-corrected chi connectivity index (χ3v) is 4.08. The van der Waals surface area contributed by atoms with Crippen LogP contribution in [0.4, 0.5) is 4.39 Å². The first-order valence-electron chi connectivity index (χ1n) is 7.45. The van der Waals surface area contributed by atoms with E-state index >= 15 is 0 Å². The predicted molar refractivity (Wildman–Crippen MR) is 83.5 cm³/mol. The average Bonchev–Trinajstić information content (AvgIpc) is 2.98. The van der Waals surface area contributed by atoms with E-state index in [9.17, 15) is 14.0 Å². The predicted octanol–water partition coefficient (Wildman–Crippen LogP) is 2.40. The van der Waals surface area contributed by atoms with Crippen molar-refractivity contribution < 1.29 is 14.0 Å². The molecule has 1 fully saturated rings. The van der Waals surface area contributed by atoms with Gasteiger partial charge in [-0.05, 0) is 43.5 Å². The molecule has 0 aromatic heterocycles. The number of carbonyl (C=O) groups is 2. The second-order valence-electron chi connectivity index (χ2n) is 5.70. The number of hydrogen-bond donors (Lipinski definition) is 2. The van der Waals surface area contributed by atoms with E-state index < -0.39 is 5.54 Å². The summed E-state index contributed by atoms with van der Waals surface area (Å²) in [6, 6.07) is 5.91. The van der Waals surface area contributed by atoms with Gasteiger partial charge in [-0.25, -0.2) is 4.39 Å². The van der Waals surface area contributed by atoms with Crippen molar-refractivity contribution >= 4 is 17.9 Å². The molecule has 0 heterocycles. The molecule has 118 valence electrons. The molecule has 0 bridgehead atoms. The number of benzene rings is 1. The quantitative estimate of drug-likeness (QED) is 0.839. The van der Waals surface area contributed by atoms with Gasteiger partial charge in [0.25, 0.3) is 0 Å². The summed E-state index contributed by atoms with van der Waals surface area (Å²) >= 11 is 0. The van der Waals surface area contributed by atoms with Crippen LogP contribution in [-0.4, -0.2) is 24.4 Å². The first kappa shape index (κ1) is 16.2. The fourth-order valence-electron chi connectivity index (χ4n) is 2.82. The van der Waals surface area contributed by atoms with Crippen molar-refractivity contribution in [1.82, 2.24) is 10.6 Å². The maximum atomic E-state index is 12.9. The van der Waals surface area contributed by atoms with E-state index in [1.807, 2.05) is 0 Å². The molecule has 2 amide bonds. The van der Waals surface area contributed by atoms with Crippen LogP contribution in [0.3, 0.4) is 0 Å². The first-order chi connectivity index (χ1) is 10.5. The van der Waals surface area contributed by atoms with Gasteiger partial charge in [0.2, 0.25) is 11.8 Å². The number of carbonyl (C=O) groups excluding carboxylic acids is 2. The third kappa shape index (κ3) is 3.53. The van der Waals surface area contributed by atoms with E-state index in [-0.39, 0.29) is 17.6 Å². The van der Waals surface area contributed by atoms with Crippen LogP contribution in [0.25, 0.3) is 6.08 Å². The molecule has 22 heavy (non-hydrogen) atoms. The van der Waals surface area contributed by atoms with Gasteiger partial charge >= 0.3 is 0 Å². The van der Waals surface area contributed by atoms with Gasteiger partial charge in [-0.1, -0.05) is 25.0 Å². The summed E-state index contributed by atoms with van der Waals surface area (Å²) < 4.78 is 12.9. The lowest BCUT2D eigenvalue weighted by molar-refractivity contribution is -0.131. The summed E-state index contributed by atoms with van der Waals surface area (Å²) in [5.41, 5.74) is 0.431. The molecule has 1 aliphatic carbocycles. The summed E-state index contributed by atoms with van der Waals surface area (Å²) in [6.07, 6.45) is 4.84. The van der Waals surface area contributed by atoms with E-state index in [0.717, 1.165) is 18.4 Å². The Kier molecular flexibility index (Phi) is 4.96. The van der Waals surface area contributed by atoms with E-state index in [4.69, 9.17) is 0 Å². The Labute approximate surface area is 129 Å². The van der Waals surface area contributed by atoms with Crippen LogP contribution in [0.2, 0.25) is 0 Å². The molecular weight excluding hydrogens is 283 g/mol. The Hall–Kier alpha value is -2.17. The summed E-state index contributed by atoms with van der Waals surface area (Å²) in [5.74, 6) is -0.730. The maximum Gasteiger partial charge on any atom is 0.247 e. The van der Waals surface area contributed by atoms with Gasteiger partial charge in [-0.15, -0.1) is 0 Å².